The fourth-order valence-corrected chi connectivity index (χ4v) is 4.23. The summed E-state index contributed by atoms with van der Waals surface area (Å²) in [6.45, 7) is 4.90. The van der Waals surface area contributed by atoms with Gasteiger partial charge >= 0.3 is 0 Å². The first kappa shape index (κ1) is 18.4. The van der Waals surface area contributed by atoms with Crippen LogP contribution < -0.4 is 0 Å². The summed E-state index contributed by atoms with van der Waals surface area (Å²) < 4.78 is 5.60. The van der Waals surface area contributed by atoms with Gasteiger partial charge < -0.3 is 14.5 Å². The highest BCUT2D eigenvalue weighted by Crippen LogP contribution is 2.15. The van der Waals surface area contributed by atoms with Crippen LogP contribution in [0.3, 0.4) is 0 Å². The van der Waals surface area contributed by atoms with Crippen molar-refractivity contribution >= 4 is 23.2 Å². The lowest BCUT2D eigenvalue weighted by Crippen LogP contribution is -2.39. The molecule has 2 aliphatic rings. The van der Waals surface area contributed by atoms with Gasteiger partial charge in [0.1, 0.15) is 0 Å². The monoisotopic (exact) mass is 365 g/mol. The maximum absolute atomic E-state index is 12.7. The normalized spacial score (nSPS) is 22.7. The minimum absolute atomic E-state index is 0.0264. The highest BCUT2D eigenvalue weighted by Gasteiger charge is 2.28. The summed E-state index contributed by atoms with van der Waals surface area (Å²) in [5.74, 6) is 0.404. The summed E-state index contributed by atoms with van der Waals surface area (Å²) in [4.78, 5) is 30.3. The molecule has 138 valence electrons. The minimum Gasteiger partial charge on any atom is -0.378 e. The second kappa shape index (κ2) is 8.78. The van der Waals surface area contributed by atoms with Crippen LogP contribution in [-0.2, 0) is 20.9 Å². The molecule has 25 heavy (non-hydrogen) atoms. The van der Waals surface area contributed by atoms with Crippen LogP contribution in [0.2, 0.25) is 0 Å². The Morgan fingerprint density at radius 3 is 2.72 bits per heavy atom. The molecule has 2 aliphatic heterocycles. The van der Waals surface area contributed by atoms with Gasteiger partial charge in [0.15, 0.2) is 0 Å². The summed E-state index contributed by atoms with van der Waals surface area (Å²) in [6.07, 6.45) is 2.49. The van der Waals surface area contributed by atoms with Crippen LogP contribution in [0.5, 0.6) is 0 Å². The first-order valence-corrected chi connectivity index (χ1v) is 9.92. The van der Waals surface area contributed by atoms with Gasteiger partial charge in [-0.25, -0.2) is 0 Å². The number of nitrogens with zero attached hydrogens (tertiary/aromatic N) is 3. The first-order chi connectivity index (χ1) is 12.2. The molecule has 6 nitrogen and oxygen atoms in total. The summed E-state index contributed by atoms with van der Waals surface area (Å²) in [6, 6.07) is 2.10. The van der Waals surface area contributed by atoms with Gasteiger partial charge in [-0.05, 0) is 35.2 Å². The molecule has 2 saturated heterocycles. The number of thiophene rings is 1. The number of methoxy groups -OCH3 is 1. The summed E-state index contributed by atoms with van der Waals surface area (Å²) in [5, 5.41) is 4.19. The molecule has 3 rings (SSSR count). The standard InChI is InChI=1S/C18H27N3O3S/c1-24-16-11-19(10-15-5-9-25-14-15)13-18(23)21(12-16)8-3-7-20-6-2-4-17(20)22/h5,9,14,16H,2-4,6-8,10-13H2,1H3/t16-/m0/s1. The average molecular weight is 365 g/mol. The van der Waals surface area contributed by atoms with Gasteiger partial charge in [0.05, 0.1) is 12.6 Å². The Labute approximate surface area is 153 Å². The number of rotatable bonds is 7. The van der Waals surface area contributed by atoms with E-state index in [1.54, 1.807) is 18.4 Å². The molecule has 2 fully saturated rings. The van der Waals surface area contributed by atoms with Crippen molar-refractivity contribution in [3.63, 3.8) is 0 Å². The van der Waals surface area contributed by atoms with Gasteiger partial charge in [-0.1, -0.05) is 0 Å². The molecule has 0 aromatic carbocycles. The van der Waals surface area contributed by atoms with Crippen molar-refractivity contribution in [2.45, 2.75) is 31.9 Å². The third-order valence-corrected chi connectivity index (χ3v) is 5.68. The van der Waals surface area contributed by atoms with Crippen molar-refractivity contribution in [3.8, 4) is 0 Å². The molecule has 3 heterocycles. The number of carbonyl (C=O) groups excluding carboxylic acids is 2. The molecular weight excluding hydrogens is 338 g/mol. The fourth-order valence-electron chi connectivity index (χ4n) is 3.57. The van der Waals surface area contributed by atoms with Gasteiger partial charge in [0, 0.05) is 52.8 Å². The van der Waals surface area contributed by atoms with Gasteiger partial charge in [0.2, 0.25) is 11.8 Å². The lowest BCUT2D eigenvalue weighted by molar-refractivity contribution is -0.131. The molecule has 2 amide bonds. The lowest BCUT2D eigenvalue weighted by Gasteiger charge is -2.24. The number of carbonyl (C=O) groups is 2. The highest BCUT2D eigenvalue weighted by atomic mass is 32.1. The van der Waals surface area contributed by atoms with Crippen molar-refractivity contribution in [1.82, 2.24) is 14.7 Å². The Bertz CT molecular complexity index is 578. The Kier molecular flexibility index (Phi) is 6.45. The van der Waals surface area contributed by atoms with Crippen LogP contribution in [0.4, 0.5) is 0 Å². The maximum Gasteiger partial charge on any atom is 0.236 e. The average Bonchev–Trinajstić information content (AvgIpc) is 3.21. The van der Waals surface area contributed by atoms with E-state index in [1.165, 1.54) is 5.56 Å². The molecule has 0 saturated carbocycles. The molecule has 0 aliphatic carbocycles. The largest absolute Gasteiger partial charge is 0.378 e. The zero-order valence-electron chi connectivity index (χ0n) is 14.9. The van der Waals surface area contributed by atoms with Crippen LogP contribution in [0.1, 0.15) is 24.8 Å². The fraction of sp³-hybridized carbons (Fsp3) is 0.667. The summed E-state index contributed by atoms with van der Waals surface area (Å²) in [7, 11) is 1.71. The number of ether oxygens (including phenoxy) is 1. The molecule has 1 aromatic rings. The van der Waals surface area contributed by atoms with Gasteiger partial charge in [-0.15, -0.1) is 0 Å². The van der Waals surface area contributed by atoms with Gasteiger partial charge in [-0.2, -0.15) is 11.3 Å². The number of amides is 2. The Balaban J connectivity index is 1.53. The molecule has 0 spiro atoms. The van der Waals surface area contributed by atoms with Gasteiger partial charge in [0.25, 0.3) is 0 Å². The van der Waals surface area contributed by atoms with Crippen LogP contribution >= 0.6 is 11.3 Å². The number of likely N-dealkylation sites (tertiary alicyclic amines) is 1. The van der Waals surface area contributed by atoms with E-state index in [-0.39, 0.29) is 17.9 Å². The molecule has 0 N–H and O–H groups in total. The molecular formula is C18H27N3O3S. The van der Waals surface area contributed by atoms with Crippen LogP contribution in [0, 0.1) is 0 Å². The second-order valence-electron chi connectivity index (χ2n) is 6.84. The quantitative estimate of drug-likeness (QED) is 0.733. The van der Waals surface area contributed by atoms with Crippen molar-refractivity contribution in [3.05, 3.63) is 22.4 Å². The maximum atomic E-state index is 12.7. The minimum atomic E-state index is 0.0264. The van der Waals surface area contributed by atoms with E-state index in [1.807, 2.05) is 9.80 Å². The van der Waals surface area contributed by atoms with E-state index in [2.05, 4.69) is 21.7 Å². The van der Waals surface area contributed by atoms with Crippen LogP contribution in [0.15, 0.2) is 16.8 Å². The topological polar surface area (TPSA) is 53.1 Å². The number of hydrogen-bond donors (Lipinski definition) is 0. The first-order valence-electron chi connectivity index (χ1n) is 8.97. The van der Waals surface area contributed by atoms with Crippen LogP contribution in [0.25, 0.3) is 0 Å². The Morgan fingerprint density at radius 2 is 2.04 bits per heavy atom. The van der Waals surface area contributed by atoms with E-state index < -0.39 is 0 Å². The molecule has 1 atom stereocenters. The van der Waals surface area contributed by atoms with Crippen molar-refractivity contribution in [2.75, 3.05) is 46.4 Å². The van der Waals surface area contributed by atoms with E-state index >= 15 is 0 Å². The molecule has 0 bridgehead atoms. The van der Waals surface area contributed by atoms with Crippen molar-refractivity contribution in [2.24, 2.45) is 0 Å². The van der Waals surface area contributed by atoms with E-state index in [0.29, 0.717) is 26.1 Å². The predicted octanol–water partition coefficient (Wildman–Crippen LogP) is 1.42. The molecule has 1 aromatic heterocycles. The second-order valence-corrected chi connectivity index (χ2v) is 7.62. The van der Waals surface area contributed by atoms with E-state index in [0.717, 1.165) is 39.0 Å². The summed E-state index contributed by atoms with van der Waals surface area (Å²) >= 11 is 1.68. The lowest BCUT2D eigenvalue weighted by atomic mass is 10.2. The molecule has 0 radical (unpaired) electrons. The SMILES string of the molecule is CO[C@H]1CN(Cc2ccsc2)CC(=O)N(CCCN2CCCC2=O)C1. The zero-order valence-corrected chi connectivity index (χ0v) is 15.7. The molecule has 0 unspecified atom stereocenters. The zero-order chi connectivity index (χ0) is 17.6. The Morgan fingerprint density at radius 1 is 1.20 bits per heavy atom. The predicted molar refractivity (Wildman–Crippen MR) is 97.4 cm³/mol. The van der Waals surface area contributed by atoms with E-state index in [9.17, 15) is 9.59 Å². The highest BCUT2D eigenvalue weighted by molar-refractivity contribution is 7.07. The third-order valence-electron chi connectivity index (χ3n) is 4.94. The van der Waals surface area contributed by atoms with E-state index in [4.69, 9.17) is 4.74 Å². The van der Waals surface area contributed by atoms with Crippen LogP contribution in [-0.4, -0.2) is 79.0 Å². The number of hydrogen-bond acceptors (Lipinski definition) is 5. The summed E-state index contributed by atoms with van der Waals surface area (Å²) in [5.41, 5.74) is 1.24. The Hall–Kier alpha value is -1.44. The van der Waals surface area contributed by atoms with Gasteiger partial charge in [-0.3, -0.25) is 14.5 Å². The van der Waals surface area contributed by atoms with Crippen molar-refractivity contribution in [1.29, 1.82) is 0 Å². The molecule has 7 heteroatoms. The smallest absolute Gasteiger partial charge is 0.236 e. The third kappa shape index (κ3) is 5.03. The van der Waals surface area contributed by atoms with Crippen molar-refractivity contribution < 1.29 is 14.3 Å².